The highest BCUT2D eigenvalue weighted by atomic mass is 16.5. The van der Waals surface area contributed by atoms with E-state index in [2.05, 4.69) is 17.0 Å². The Labute approximate surface area is 150 Å². The van der Waals surface area contributed by atoms with Crippen LogP contribution < -0.4 is 0 Å². The predicted octanol–water partition coefficient (Wildman–Crippen LogP) is 2.27. The normalized spacial score (nSPS) is 21.8. The van der Waals surface area contributed by atoms with Crippen LogP contribution in [0.2, 0.25) is 0 Å². The van der Waals surface area contributed by atoms with Gasteiger partial charge in [0, 0.05) is 26.7 Å². The summed E-state index contributed by atoms with van der Waals surface area (Å²) in [5.74, 6) is 0.892. The van der Waals surface area contributed by atoms with Gasteiger partial charge < -0.3 is 9.64 Å². The molecule has 0 aliphatic carbocycles. The summed E-state index contributed by atoms with van der Waals surface area (Å²) in [6.45, 7) is 5.16. The molecule has 25 heavy (non-hydrogen) atoms. The zero-order valence-electron chi connectivity index (χ0n) is 15.0. The lowest BCUT2D eigenvalue weighted by molar-refractivity contribution is -0.134. The maximum absolute atomic E-state index is 12.4. The number of hydrogen-bond acceptors (Lipinski definition) is 4. The number of rotatable bonds is 5. The number of carbonyl (C=O) groups excluding carboxylic acids is 1. The van der Waals surface area contributed by atoms with Crippen LogP contribution in [0.25, 0.3) is 0 Å². The lowest BCUT2D eigenvalue weighted by Crippen LogP contribution is -2.41. The largest absolute Gasteiger partial charge is 0.381 e. The van der Waals surface area contributed by atoms with Gasteiger partial charge in [-0.2, -0.15) is 5.26 Å². The Bertz CT molecular complexity index is 626. The topological polar surface area (TPSA) is 56.6 Å². The van der Waals surface area contributed by atoms with Gasteiger partial charge in [0.2, 0.25) is 5.91 Å². The van der Waals surface area contributed by atoms with Crippen LogP contribution in [0.1, 0.15) is 30.4 Å². The highest BCUT2D eigenvalue weighted by Gasteiger charge is 2.28. The highest BCUT2D eigenvalue weighted by molar-refractivity contribution is 5.78. The molecule has 2 heterocycles. The van der Waals surface area contributed by atoms with Crippen molar-refractivity contribution in [1.29, 1.82) is 5.26 Å². The molecule has 2 fully saturated rings. The summed E-state index contributed by atoms with van der Waals surface area (Å²) in [6.07, 6.45) is 3.11. The van der Waals surface area contributed by atoms with Crippen LogP contribution in [0.3, 0.4) is 0 Å². The molecule has 0 aromatic heterocycles. The minimum Gasteiger partial charge on any atom is -0.381 e. The first-order valence-corrected chi connectivity index (χ1v) is 9.20. The zero-order chi connectivity index (χ0) is 17.6. The molecule has 3 rings (SSSR count). The number of ether oxygens (including phenoxy) is 1. The molecule has 1 aromatic carbocycles. The highest BCUT2D eigenvalue weighted by Crippen LogP contribution is 2.22. The summed E-state index contributed by atoms with van der Waals surface area (Å²) in [5, 5.41) is 9.01. The molecule has 2 aliphatic heterocycles. The van der Waals surface area contributed by atoms with Crippen LogP contribution in [0.4, 0.5) is 0 Å². The molecular formula is C20H27N3O2. The molecule has 0 N–H and O–H groups in total. The van der Waals surface area contributed by atoms with E-state index in [9.17, 15) is 4.79 Å². The lowest BCUT2D eigenvalue weighted by Gasteiger charge is -2.34. The summed E-state index contributed by atoms with van der Waals surface area (Å²) in [5.41, 5.74) is 1.93. The fourth-order valence-corrected chi connectivity index (χ4v) is 3.84. The molecule has 5 nitrogen and oxygen atoms in total. The zero-order valence-corrected chi connectivity index (χ0v) is 15.0. The van der Waals surface area contributed by atoms with E-state index < -0.39 is 0 Å². The Morgan fingerprint density at radius 3 is 2.84 bits per heavy atom. The number of nitrogens with zero attached hydrogens (tertiary/aromatic N) is 3. The molecular weight excluding hydrogens is 314 g/mol. The van der Waals surface area contributed by atoms with Gasteiger partial charge in [-0.1, -0.05) is 12.1 Å². The standard InChI is InChI=1S/C20H27N3O2/c1-22(20(24)19-7-10-25-15-19)13-16-5-8-23(9-6-16)14-18-4-2-3-17(11-18)12-21/h2-4,11,16,19H,5-10,13-15H2,1H3. The molecule has 1 aromatic rings. The molecule has 0 spiro atoms. The minimum absolute atomic E-state index is 0.0671. The van der Waals surface area contributed by atoms with E-state index in [-0.39, 0.29) is 11.8 Å². The van der Waals surface area contributed by atoms with E-state index in [0.717, 1.165) is 57.6 Å². The number of carbonyl (C=O) groups is 1. The van der Waals surface area contributed by atoms with Crippen LogP contribution in [0.5, 0.6) is 0 Å². The van der Waals surface area contributed by atoms with E-state index in [1.807, 2.05) is 30.1 Å². The average Bonchev–Trinajstić information content (AvgIpc) is 3.17. The smallest absolute Gasteiger partial charge is 0.227 e. The third-order valence-corrected chi connectivity index (χ3v) is 5.36. The maximum atomic E-state index is 12.4. The molecule has 0 saturated carbocycles. The Kier molecular flexibility index (Phi) is 6.06. The summed E-state index contributed by atoms with van der Waals surface area (Å²) in [6, 6.07) is 10.1. The number of likely N-dealkylation sites (tertiary alicyclic amines) is 1. The summed E-state index contributed by atoms with van der Waals surface area (Å²) >= 11 is 0. The van der Waals surface area contributed by atoms with Gasteiger partial charge in [0.25, 0.3) is 0 Å². The van der Waals surface area contributed by atoms with Crippen molar-refractivity contribution in [3.8, 4) is 6.07 Å². The molecule has 0 bridgehead atoms. The third kappa shape index (κ3) is 4.81. The third-order valence-electron chi connectivity index (χ3n) is 5.36. The lowest BCUT2D eigenvalue weighted by atomic mass is 9.95. The van der Waals surface area contributed by atoms with Crippen molar-refractivity contribution < 1.29 is 9.53 Å². The van der Waals surface area contributed by atoms with E-state index in [1.165, 1.54) is 5.56 Å². The van der Waals surface area contributed by atoms with Crippen LogP contribution in [0, 0.1) is 23.2 Å². The van der Waals surface area contributed by atoms with Crippen LogP contribution >= 0.6 is 0 Å². The molecule has 2 saturated heterocycles. The quantitative estimate of drug-likeness (QED) is 0.824. The maximum Gasteiger partial charge on any atom is 0.227 e. The SMILES string of the molecule is CN(CC1CCN(Cc2cccc(C#N)c2)CC1)C(=O)C1CCOC1. The summed E-state index contributed by atoms with van der Waals surface area (Å²) in [7, 11) is 1.93. The van der Waals surface area contributed by atoms with E-state index in [0.29, 0.717) is 12.5 Å². The van der Waals surface area contributed by atoms with Gasteiger partial charge in [0.15, 0.2) is 0 Å². The van der Waals surface area contributed by atoms with E-state index >= 15 is 0 Å². The number of amides is 1. The van der Waals surface area contributed by atoms with E-state index in [4.69, 9.17) is 10.00 Å². The molecule has 1 unspecified atom stereocenters. The monoisotopic (exact) mass is 341 g/mol. The number of benzene rings is 1. The Morgan fingerprint density at radius 2 is 2.16 bits per heavy atom. The van der Waals surface area contributed by atoms with Gasteiger partial charge in [-0.15, -0.1) is 0 Å². The van der Waals surface area contributed by atoms with E-state index in [1.54, 1.807) is 0 Å². The van der Waals surface area contributed by atoms with Crippen LogP contribution in [-0.2, 0) is 16.1 Å². The van der Waals surface area contributed by atoms with Gasteiger partial charge in [0.05, 0.1) is 24.2 Å². The average molecular weight is 341 g/mol. The predicted molar refractivity (Wildman–Crippen MR) is 95.7 cm³/mol. The van der Waals surface area contributed by atoms with Crippen molar-refractivity contribution in [2.45, 2.75) is 25.8 Å². The molecule has 134 valence electrons. The number of nitriles is 1. The minimum atomic E-state index is 0.0671. The summed E-state index contributed by atoms with van der Waals surface area (Å²) < 4.78 is 5.33. The second kappa shape index (κ2) is 8.46. The van der Waals surface area contributed by atoms with Crippen molar-refractivity contribution in [2.24, 2.45) is 11.8 Å². The Hall–Kier alpha value is -1.90. The number of hydrogen-bond donors (Lipinski definition) is 0. The first-order chi connectivity index (χ1) is 12.2. The second-order valence-electron chi connectivity index (χ2n) is 7.31. The van der Waals surface area contributed by atoms with Gasteiger partial charge in [-0.25, -0.2) is 0 Å². The van der Waals surface area contributed by atoms with Gasteiger partial charge in [0.1, 0.15) is 0 Å². The van der Waals surface area contributed by atoms with Gasteiger partial charge in [-0.05, 0) is 56.0 Å². The Morgan fingerprint density at radius 1 is 1.36 bits per heavy atom. The van der Waals surface area contributed by atoms with Gasteiger partial charge in [-0.3, -0.25) is 9.69 Å². The van der Waals surface area contributed by atoms with Crippen LogP contribution in [-0.4, -0.2) is 55.6 Å². The van der Waals surface area contributed by atoms with Crippen molar-refractivity contribution in [3.63, 3.8) is 0 Å². The molecule has 0 radical (unpaired) electrons. The first kappa shape index (κ1) is 17.9. The summed E-state index contributed by atoms with van der Waals surface area (Å²) in [4.78, 5) is 16.8. The molecule has 1 amide bonds. The van der Waals surface area contributed by atoms with Crippen LogP contribution in [0.15, 0.2) is 24.3 Å². The van der Waals surface area contributed by atoms with Crippen molar-refractivity contribution in [2.75, 3.05) is 39.9 Å². The number of piperidine rings is 1. The van der Waals surface area contributed by atoms with Crippen molar-refractivity contribution in [1.82, 2.24) is 9.80 Å². The Balaban J connectivity index is 1.43. The second-order valence-corrected chi connectivity index (χ2v) is 7.31. The molecule has 1 atom stereocenters. The first-order valence-electron chi connectivity index (χ1n) is 9.20. The molecule has 2 aliphatic rings. The van der Waals surface area contributed by atoms with Crippen molar-refractivity contribution >= 4 is 5.91 Å². The van der Waals surface area contributed by atoms with Gasteiger partial charge >= 0.3 is 0 Å². The fraction of sp³-hybridized carbons (Fsp3) is 0.600. The molecule has 5 heteroatoms. The fourth-order valence-electron chi connectivity index (χ4n) is 3.84. The van der Waals surface area contributed by atoms with Crippen molar-refractivity contribution in [3.05, 3.63) is 35.4 Å².